The van der Waals surface area contributed by atoms with Crippen LogP contribution in [0.3, 0.4) is 0 Å². The predicted octanol–water partition coefficient (Wildman–Crippen LogP) is 5.77. The Morgan fingerprint density at radius 2 is 1.58 bits per heavy atom. The Balaban J connectivity index is 1.69. The summed E-state index contributed by atoms with van der Waals surface area (Å²) in [7, 11) is 3.13. The van der Waals surface area contributed by atoms with Gasteiger partial charge in [0.25, 0.3) is 5.91 Å². The molecule has 0 spiro atoms. The zero-order valence-corrected chi connectivity index (χ0v) is 20.0. The smallest absolute Gasteiger partial charge is 0.255 e. The number of thioether (sulfide) groups is 1. The number of hydrogen-bond donors (Lipinski definition) is 2. The van der Waals surface area contributed by atoms with E-state index < -0.39 is 0 Å². The Bertz CT molecular complexity index is 1110. The van der Waals surface area contributed by atoms with Crippen LogP contribution in [-0.2, 0) is 4.79 Å². The van der Waals surface area contributed by atoms with Crippen molar-refractivity contribution in [1.82, 2.24) is 0 Å². The molecule has 0 bridgehead atoms. The summed E-state index contributed by atoms with van der Waals surface area (Å²) in [5.41, 5.74) is 2.84. The van der Waals surface area contributed by atoms with Gasteiger partial charge in [0.2, 0.25) is 5.91 Å². The van der Waals surface area contributed by atoms with Crippen LogP contribution >= 0.6 is 11.8 Å². The molecule has 0 aromatic heterocycles. The third-order valence-corrected chi connectivity index (χ3v) is 6.40. The first-order chi connectivity index (χ1) is 15.9. The first-order valence-electron chi connectivity index (χ1n) is 10.6. The van der Waals surface area contributed by atoms with Crippen molar-refractivity contribution < 1.29 is 19.1 Å². The number of methoxy groups -OCH3 is 2. The molecular weight excluding hydrogens is 436 g/mol. The SMILES string of the molecule is CCC(Sc1cccc(NC(=O)c2ccccc2C)c1)C(=O)Nc1cc(OC)cc(OC)c1. The largest absolute Gasteiger partial charge is 0.497 e. The summed E-state index contributed by atoms with van der Waals surface area (Å²) in [4.78, 5) is 26.5. The molecule has 0 aliphatic rings. The van der Waals surface area contributed by atoms with Crippen LogP contribution < -0.4 is 20.1 Å². The van der Waals surface area contributed by atoms with Gasteiger partial charge in [-0.2, -0.15) is 0 Å². The van der Waals surface area contributed by atoms with Gasteiger partial charge in [-0.3, -0.25) is 9.59 Å². The van der Waals surface area contributed by atoms with Gasteiger partial charge in [0.1, 0.15) is 11.5 Å². The van der Waals surface area contributed by atoms with E-state index in [0.717, 1.165) is 10.5 Å². The molecule has 1 unspecified atom stereocenters. The first-order valence-corrected chi connectivity index (χ1v) is 11.5. The van der Waals surface area contributed by atoms with Gasteiger partial charge in [0.15, 0.2) is 0 Å². The van der Waals surface area contributed by atoms with Gasteiger partial charge in [0.05, 0.1) is 19.5 Å². The van der Waals surface area contributed by atoms with Gasteiger partial charge in [0, 0.05) is 40.0 Å². The highest BCUT2D eigenvalue weighted by Crippen LogP contribution is 2.30. The molecule has 172 valence electrons. The average Bonchev–Trinajstić information content (AvgIpc) is 2.82. The van der Waals surface area contributed by atoms with E-state index in [1.165, 1.54) is 11.8 Å². The van der Waals surface area contributed by atoms with Crippen molar-refractivity contribution in [1.29, 1.82) is 0 Å². The maximum Gasteiger partial charge on any atom is 0.255 e. The number of amides is 2. The zero-order valence-electron chi connectivity index (χ0n) is 19.2. The molecule has 1 atom stereocenters. The van der Waals surface area contributed by atoms with Crippen LogP contribution in [0.25, 0.3) is 0 Å². The lowest BCUT2D eigenvalue weighted by Crippen LogP contribution is -2.24. The Labute approximate surface area is 198 Å². The second-order valence-corrected chi connectivity index (χ2v) is 8.68. The van der Waals surface area contributed by atoms with Crippen molar-refractivity contribution in [2.75, 3.05) is 24.9 Å². The van der Waals surface area contributed by atoms with E-state index in [9.17, 15) is 9.59 Å². The highest BCUT2D eigenvalue weighted by atomic mass is 32.2. The van der Waals surface area contributed by atoms with E-state index in [2.05, 4.69) is 10.6 Å². The summed E-state index contributed by atoms with van der Waals surface area (Å²) in [5.74, 6) is 0.920. The van der Waals surface area contributed by atoms with Gasteiger partial charge >= 0.3 is 0 Å². The number of carbonyl (C=O) groups excluding carboxylic acids is 2. The lowest BCUT2D eigenvalue weighted by molar-refractivity contribution is -0.115. The molecule has 2 N–H and O–H groups in total. The lowest BCUT2D eigenvalue weighted by atomic mass is 10.1. The van der Waals surface area contributed by atoms with Crippen LogP contribution in [0.15, 0.2) is 71.6 Å². The first kappa shape index (κ1) is 24.2. The van der Waals surface area contributed by atoms with Crippen LogP contribution in [0.1, 0.15) is 29.3 Å². The number of anilines is 2. The van der Waals surface area contributed by atoms with Crippen LogP contribution in [-0.4, -0.2) is 31.3 Å². The van der Waals surface area contributed by atoms with E-state index in [0.29, 0.717) is 34.9 Å². The lowest BCUT2D eigenvalue weighted by Gasteiger charge is -2.16. The van der Waals surface area contributed by atoms with Gasteiger partial charge < -0.3 is 20.1 Å². The molecule has 3 rings (SSSR count). The molecule has 0 heterocycles. The maximum absolute atomic E-state index is 12.9. The molecule has 3 aromatic rings. The summed E-state index contributed by atoms with van der Waals surface area (Å²) < 4.78 is 10.5. The summed E-state index contributed by atoms with van der Waals surface area (Å²) >= 11 is 1.45. The van der Waals surface area contributed by atoms with Crippen molar-refractivity contribution in [3.63, 3.8) is 0 Å². The molecule has 0 saturated carbocycles. The number of ether oxygens (including phenoxy) is 2. The molecule has 0 fully saturated rings. The summed E-state index contributed by atoms with van der Waals surface area (Å²) in [6.07, 6.45) is 0.636. The molecule has 0 radical (unpaired) electrons. The molecule has 0 aliphatic heterocycles. The molecule has 33 heavy (non-hydrogen) atoms. The standard InChI is InChI=1S/C26H28N2O4S/c1-5-24(26(30)28-19-13-20(31-3)16-21(14-19)32-4)33-22-11-8-10-18(15-22)27-25(29)23-12-7-6-9-17(23)2/h6-16,24H,5H2,1-4H3,(H,27,29)(H,28,30). The molecule has 0 aliphatic carbocycles. The fourth-order valence-corrected chi connectivity index (χ4v) is 4.28. The van der Waals surface area contributed by atoms with Crippen LogP contribution in [0, 0.1) is 6.92 Å². The molecule has 6 nitrogen and oxygen atoms in total. The summed E-state index contributed by atoms with van der Waals surface area (Å²) in [5, 5.41) is 5.58. The van der Waals surface area contributed by atoms with Crippen molar-refractivity contribution in [2.45, 2.75) is 30.4 Å². The molecule has 2 amide bonds. The van der Waals surface area contributed by atoms with Crippen LogP contribution in [0.4, 0.5) is 11.4 Å². The number of rotatable bonds is 9. The Morgan fingerprint density at radius 1 is 0.879 bits per heavy atom. The highest BCUT2D eigenvalue weighted by molar-refractivity contribution is 8.00. The van der Waals surface area contributed by atoms with E-state index in [1.54, 1.807) is 38.5 Å². The summed E-state index contributed by atoms with van der Waals surface area (Å²) in [6, 6.07) is 20.2. The minimum absolute atomic E-state index is 0.118. The average molecular weight is 465 g/mol. The quantitative estimate of drug-likeness (QED) is 0.393. The maximum atomic E-state index is 12.9. The van der Waals surface area contributed by atoms with Gasteiger partial charge in [-0.1, -0.05) is 31.2 Å². The van der Waals surface area contributed by atoms with Gasteiger partial charge in [-0.25, -0.2) is 0 Å². The third-order valence-electron chi connectivity index (χ3n) is 5.04. The fourth-order valence-electron chi connectivity index (χ4n) is 3.26. The number of aryl methyl sites for hydroxylation is 1. The van der Waals surface area contributed by atoms with E-state index >= 15 is 0 Å². The Hall–Kier alpha value is -3.45. The molecule has 7 heteroatoms. The van der Waals surface area contributed by atoms with E-state index in [1.807, 2.05) is 56.3 Å². The highest BCUT2D eigenvalue weighted by Gasteiger charge is 2.19. The van der Waals surface area contributed by atoms with Crippen LogP contribution in [0.2, 0.25) is 0 Å². The normalized spacial score (nSPS) is 11.4. The molecule has 3 aromatic carbocycles. The second kappa shape index (κ2) is 11.4. The third kappa shape index (κ3) is 6.52. The van der Waals surface area contributed by atoms with Crippen molar-refractivity contribution in [2.24, 2.45) is 0 Å². The van der Waals surface area contributed by atoms with Gasteiger partial charge in [-0.15, -0.1) is 11.8 Å². The molecule has 0 saturated heterocycles. The molecular formula is C26H28N2O4S. The van der Waals surface area contributed by atoms with Crippen molar-refractivity contribution in [3.8, 4) is 11.5 Å². The fraction of sp³-hybridized carbons (Fsp3) is 0.231. The second-order valence-electron chi connectivity index (χ2n) is 7.40. The van der Waals surface area contributed by atoms with Gasteiger partial charge in [-0.05, 0) is 43.2 Å². The van der Waals surface area contributed by atoms with E-state index in [4.69, 9.17) is 9.47 Å². The topological polar surface area (TPSA) is 76.7 Å². The Morgan fingerprint density at radius 3 is 2.21 bits per heavy atom. The monoisotopic (exact) mass is 464 g/mol. The minimum atomic E-state index is -0.315. The predicted molar refractivity (Wildman–Crippen MR) is 134 cm³/mol. The number of carbonyl (C=O) groups is 2. The zero-order chi connectivity index (χ0) is 23.8. The number of nitrogens with one attached hydrogen (secondary N) is 2. The van der Waals surface area contributed by atoms with Crippen molar-refractivity contribution in [3.05, 3.63) is 77.9 Å². The van der Waals surface area contributed by atoms with E-state index in [-0.39, 0.29) is 17.1 Å². The van der Waals surface area contributed by atoms with Crippen molar-refractivity contribution >= 4 is 35.0 Å². The number of hydrogen-bond acceptors (Lipinski definition) is 5. The Kier molecular flexibility index (Phi) is 8.38. The van der Waals surface area contributed by atoms with Crippen LogP contribution in [0.5, 0.6) is 11.5 Å². The number of benzene rings is 3. The summed E-state index contributed by atoms with van der Waals surface area (Å²) in [6.45, 7) is 3.87. The minimum Gasteiger partial charge on any atom is -0.497 e.